The summed E-state index contributed by atoms with van der Waals surface area (Å²) >= 11 is 0. The summed E-state index contributed by atoms with van der Waals surface area (Å²) in [7, 11) is 0. The van der Waals surface area contributed by atoms with Crippen LogP contribution in [0.5, 0.6) is 0 Å². The van der Waals surface area contributed by atoms with Crippen molar-refractivity contribution in [3.63, 3.8) is 0 Å². The first-order chi connectivity index (χ1) is 7.27. The minimum atomic E-state index is 0.142. The van der Waals surface area contributed by atoms with Crippen molar-refractivity contribution >= 4 is 0 Å². The summed E-state index contributed by atoms with van der Waals surface area (Å²) in [6.45, 7) is 6.25. The molecule has 0 radical (unpaired) electrons. The highest BCUT2D eigenvalue weighted by Gasteiger charge is 2.19. The summed E-state index contributed by atoms with van der Waals surface area (Å²) < 4.78 is 5.98. The number of aryl methyl sites for hydroxylation is 1. The van der Waals surface area contributed by atoms with Crippen LogP contribution < -0.4 is 5.32 Å². The second-order valence-electron chi connectivity index (χ2n) is 4.13. The van der Waals surface area contributed by atoms with Gasteiger partial charge in [0.25, 0.3) is 0 Å². The molecule has 1 aliphatic rings. The van der Waals surface area contributed by atoms with Gasteiger partial charge < -0.3 is 10.1 Å². The largest absolute Gasteiger partial charge is 0.369 e. The number of hydrogen-bond acceptors (Lipinski definition) is 3. The molecule has 1 fully saturated rings. The molecule has 0 bridgehead atoms. The van der Waals surface area contributed by atoms with Crippen molar-refractivity contribution in [2.75, 3.05) is 13.1 Å². The number of ether oxygens (including phenoxy) is 1. The van der Waals surface area contributed by atoms with E-state index in [4.69, 9.17) is 4.74 Å². The Morgan fingerprint density at radius 1 is 1.60 bits per heavy atom. The summed E-state index contributed by atoms with van der Waals surface area (Å²) in [6.07, 6.45) is 5.34. The Labute approximate surface area is 90.9 Å². The van der Waals surface area contributed by atoms with Gasteiger partial charge in [0.05, 0.1) is 12.2 Å². The van der Waals surface area contributed by atoms with E-state index in [-0.39, 0.29) is 6.10 Å². The molecule has 82 valence electrons. The van der Waals surface area contributed by atoms with Gasteiger partial charge in [-0.2, -0.15) is 0 Å². The van der Waals surface area contributed by atoms with E-state index < -0.39 is 0 Å². The maximum absolute atomic E-state index is 5.98. The topological polar surface area (TPSA) is 34.1 Å². The van der Waals surface area contributed by atoms with Gasteiger partial charge in [-0.15, -0.1) is 0 Å². The SMILES string of the molecule is Cc1ccncc1[C@H](C)O[C@H]1CCNC1. The molecule has 2 rings (SSSR count). The third kappa shape index (κ3) is 2.55. The zero-order valence-electron chi connectivity index (χ0n) is 9.36. The van der Waals surface area contributed by atoms with Crippen LogP contribution >= 0.6 is 0 Å². The van der Waals surface area contributed by atoms with Crippen molar-refractivity contribution in [1.29, 1.82) is 0 Å². The molecule has 0 spiro atoms. The van der Waals surface area contributed by atoms with E-state index in [9.17, 15) is 0 Å². The van der Waals surface area contributed by atoms with E-state index >= 15 is 0 Å². The van der Waals surface area contributed by atoms with Gasteiger partial charge >= 0.3 is 0 Å². The first-order valence-electron chi connectivity index (χ1n) is 5.54. The van der Waals surface area contributed by atoms with Gasteiger partial charge in [-0.25, -0.2) is 0 Å². The third-order valence-corrected chi connectivity index (χ3v) is 2.93. The lowest BCUT2D eigenvalue weighted by Gasteiger charge is -2.19. The molecule has 3 heteroatoms. The van der Waals surface area contributed by atoms with Crippen LogP contribution in [0.1, 0.15) is 30.6 Å². The molecule has 1 aromatic heterocycles. The van der Waals surface area contributed by atoms with Gasteiger partial charge in [-0.1, -0.05) is 0 Å². The average molecular weight is 206 g/mol. The molecule has 1 N–H and O–H groups in total. The Hall–Kier alpha value is -0.930. The first kappa shape index (κ1) is 10.6. The highest BCUT2D eigenvalue weighted by Crippen LogP contribution is 2.22. The maximum Gasteiger partial charge on any atom is 0.0818 e. The lowest BCUT2D eigenvalue weighted by molar-refractivity contribution is 0.00780. The Balaban J connectivity index is 2.00. The standard InChI is InChI=1S/C12H18N2O/c1-9-3-5-14-8-12(9)10(2)15-11-4-6-13-7-11/h3,5,8,10-11,13H,4,6-7H2,1-2H3/t10-,11-/m0/s1. The molecule has 2 atom stereocenters. The summed E-state index contributed by atoms with van der Waals surface area (Å²) in [4.78, 5) is 4.15. The third-order valence-electron chi connectivity index (χ3n) is 2.93. The van der Waals surface area contributed by atoms with Crippen molar-refractivity contribution in [2.24, 2.45) is 0 Å². The van der Waals surface area contributed by atoms with Gasteiger partial charge in [0.15, 0.2) is 0 Å². The molecule has 1 aromatic rings. The zero-order chi connectivity index (χ0) is 10.7. The average Bonchev–Trinajstić information content (AvgIpc) is 2.71. The molecule has 3 nitrogen and oxygen atoms in total. The molecular weight excluding hydrogens is 188 g/mol. The predicted molar refractivity (Wildman–Crippen MR) is 59.7 cm³/mol. The summed E-state index contributed by atoms with van der Waals surface area (Å²) in [5, 5.41) is 3.30. The molecule has 2 heterocycles. The smallest absolute Gasteiger partial charge is 0.0818 e. The highest BCUT2D eigenvalue weighted by atomic mass is 16.5. The molecule has 0 aliphatic carbocycles. The van der Waals surface area contributed by atoms with E-state index in [1.807, 2.05) is 18.5 Å². The van der Waals surface area contributed by atoms with E-state index in [2.05, 4.69) is 24.1 Å². The molecular formula is C12H18N2O. The van der Waals surface area contributed by atoms with Crippen LogP contribution in [0.25, 0.3) is 0 Å². The van der Waals surface area contributed by atoms with Gasteiger partial charge in [0, 0.05) is 24.5 Å². The second-order valence-corrected chi connectivity index (χ2v) is 4.13. The van der Waals surface area contributed by atoms with Crippen LogP contribution in [0, 0.1) is 6.92 Å². The van der Waals surface area contributed by atoms with E-state index in [1.165, 1.54) is 11.1 Å². The fourth-order valence-corrected chi connectivity index (χ4v) is 2.01. The number of nitrogens with one attached hydrogen (secondary N) is 1. The molecule has 0 aromatic carbocycles. The normalized spacial score (nSPS) is 22.9. The minimum absolute atomic E-state index is 0.142. The number of aromatic nitrogens is 1. The Morgan fingerprint density at radius 2 is 2.47 bits per heavy atom. The van der Waals surface area contributed by atoms with Gasteiger partial charge in [-0.05, 0) is 38.4 Å². The summed E-state index contributed by atoms with van der Waals surface area (Å²) in [5.74, 6) is 0. The van der Waals surface area contributed by atoms with Crippen LogP contribution in [0.2, 0.25) is 0 Å². The fraction of sp³-hybridized carbons (Fsp3) is 0.583. The first-order valence-corrected chi connectivity index (χ1v) is 5.54. The zero-order valence-corrected chi connectivity index (χ0v) is 9.36. The Kier molecular flexibility index (Phi) is 3.34. The molecule has 0 amide bonds. The fourth-order valence-electron chi connectivity index (χ4n) is 2.01. The Morgan fingerprint density at radius 3 is 3.13 bits per heavy atom. The Bertz CT molecular complexity index is 321. The molecule has 1 saturated heterocycles. The number of nitrogens with zero attached hydrogens (tertiary/aromatic N) is 1. The van der Waals surface area contributed by atoms with Crippen LogP contribution in [-0.2, 0) is 4.74 Å². The van der Waals surface area contributed by atoms with Crippen molar-refractivity contribution in [3.8, 4) is 0 Å². The predicted octanol–water partition coefficient (Wildman–Crippen LogP) is 1.83. The van der Waals surface area contributed by atoms with E-state index in [0.717, 1.165) is 19.5 Å². The molecule has 15 heavy (non-hydrogen) atoms. The number of pyridine rings is 1. The molecule has 0 unspecified atom stereocenters. The molecule has 0 saturated carbocycles. The lowest BCUT2D eigenvalue weighted by atomic mass is 10.1. The number of hydrogen-bond donors (Lipinski definition) is 1. The van der Waals surface area contributed by atoms with Crippen LogP contribution in [0.3, 0.4) is 0 Å². The van der Waals surface area contributed by atoms with Crippen LogP contribution in [0.15, 0.2) is 18.5 Å². The van der Waals surface area contributed by atoms with Crippen molar-refractivity contribution in [3.05, 3.63) is 29.6 Å². The highest BCUT2D eigenvalue weighted by molar-refractivity contribution is 5.23. The lowest BCUT2D eigenvalue weighted by Crippen LogP contribution is -2.19. The maximum atomic E-state index is 5.98. The monoisotopic (exact) mass is 206 g/mol. The minimum Gasteiger partial charge on any atom is -0.369 e. The summed E-state index contributed by atoms with van der Waals surface area (Å²) in [6, 6.07) is 2.03. The van der Waals surface area contributed by atoms with Crippen LogP contribution in [0.4, 0.5) is 0 Å². The van der Waals surface area contributed by atoms with Gasteiger partial charge in [0.2, 0.25) is 0 Å². The van der Waals surface area contributed by atoms with E-state index in [0.29, 0.717) is 6.10 Å². The molecule has 1 aliphatic heterocycles. The summed E-state index contributed by atoms with van der Waals surface area (Å²) in [5.41, 5.74) is 2.45. The van der Waals surface area contributed by atoms with Gasteiger partial charge in [0.1, 0.15) is 0 Å². The van der Waals surface area contributed by atoms with Gasteiger partial charge in [-0.3, -0.25) is 4.98 Å². The second kappa shape index (κ2) is 4.73. The van der Waals surface area contributed by atoms with Crippen molar-refractivity contribution in [1.82, 2.24) is 10.3 Å². The van der Waals surface area contributed by atoms with E-state index in [1.54, 1.807) is 0 Å². The van der Waals surface area contributed by atoms with Crippen molar-refractivity contribution < 1.29 is 4.74 Å². The number of rotatable bonds is 3. The van der Waals surface area contributed by atoms with Crippen LogP contribution in [-0.4, -0.2) is 24.2 Å². The quantitative estimate of drug-likeness (QED) is 0.819. The van der Waals surface area contributed by atoms with Crippen molar-refractivity contribution in [2.45, 2.75) is 32.5 Å².